The van der Waals surface area contributed by atoms with Crippen molar-refractivity contribution in [2.75, 3.05) is 6.54 Å². The largest absolute Gasteiger partial charge is 0.370 e. The van der Waals surface area contributed by atoms with Gasteiger partial charge in [-0.1, -0.05) is 13.8 Å². The number of H-pyrrole nitrogens is 1. The Morgan fingerprint density at radius 2 is 2.00 bits per heavy atom. The fourth-order valence-corrected chi connectivity index (χ4v) is 1.78. The summed E-state index contributed by atoms with van der Waals surface area (Å²) in [7, 11) is 0. The Balaban J connectivity index is 2.40. The molecule has 0 spiro atoms. The van der Waals surface area contributed by atoms with Crippen LogP contribution in [0.5, 0.6) is 0 Å². The summed E-state index contributed by atoms with van der Waals surface area (Å²) in [6, 6.07) is 2.54. The van der Waals surface area contributed by atoms with Crippen molar-refractivity contribution >= 4 is 23.7 Å². The van der Waals surface area contributed by atoms with Crippen LogP contribution in [0.25, 0.3) is 0 Å². The topological polar surface area (TPSA) is 155 Å². The lowest BCUT2D eigenvalue weighted by Gasteiger charge is -2.18. The zero-order valence-electron chi connectivity index (χ0n) is 13.1. The van der Waals surface area contributed by atoms with Crippen LogP contribution in [-0.4, -0.2) is 41.3 Å². The van der Waals surface area contributed by atoms with Gasteiger partial charge in [-0.3, -0.25) is 24.7 Å². The van der Waals surface area contributed by atoms with Gasteiger partial charge in [0.05, 0.1) is 6.54 Å². The average Bonchev–Trinajstić information content (AvgIpc) is 2.98. The first-order valence-corrected chi connectivity index (χ1v) is 7.14. The molecule has 23 heavy (non-hydrogen) atoms. The summed E-state index contributed by atoms with van der Waals surface area (Å²) in [5.74, 6) is -1.57. The van der Waals surface area contributed by atoms with E-state index in [9.17, 15) is 14.4 Å². The molecule has 0 aliphatic heterocycles. The molecule has 0 saturated carbocycles. The van der Waals surface area contributed by atoms with Crippen LogP contribution in [0.15, 0.2) is 23.3 Å². The minimum atomic E-state index is -0.726. The third-order valence-electron chi connectivity index (χ3n) is 2.99. The van der Waals surface area contributed by atoms with Crippen molar-refractivity contribution in [3.8, 4) is 0 Å². The first kappa shape index (κ1) is 18.2. The summed E-state index contributed by atoms with van der Waals surface area (Å²) in [6.07, 6.45) is 1.63. The van der Waals surface area contributed by atoms with Crippen molar-refractivity contribution in [2.24, 2.45) is 22.4 Å². The Labute approximate surface area is 133 Å². The predicted octanol–water partition coefficient (Wildman–Crippen LogP) is -0.925. The lowest BCUT2D eigenvalue weighted by molar-refractivity contribution is -0.128. The number of carbonyl (C=O) groups is 3. The number of nitrogens with one attached hydrogen (secondary N) is 3. The second-order valence-electron chi connectivity index (χ2n) is 5.25. The minimum Gasteiger partial charge on any atom is -0.370 e. The quantitative estimate of drug-likeness (QED) is 0.325. The Morgan fingerprint density at radius 3 is 2.52 bits per heavy atom. The molecule has 0 aliphatic rings. The van der Waals surface area contributed by atoms with E-state index in [1.54, 1.807) is 32.2 Å². The third kappa shape index (κ3) is 6.20. The molecular weight excluding hydrogens is 300 g/mol. The first-order valence-electron chi connectivity index (χ1n) is 7.14. The van der Waals surface area contributed by atoms with Gasteiger partial charge in [-0.05, 0) is 18.1 Å². The number of guanidine groups is 1. The van der Waals surface area contributed by atoms with E-state index in [1.165, 1.54) is 0 Å². The molecule has 1 aromatic rings. The predicted molar refractivity (Wildman–Crippen MR) is 85.3 cm³/mol. The summed E-state index contributed by atoms with van der Waals surface area (Å²) in [6.45, 7) is 3.64. The molecule has 9 nitrogen and oxygen atoms in total. The van der Waals surface area contributed by atoms with E-state index in [0.717, 1.165) is 0 Å². The molecule has 7 N–H and O–H groups in total. The lowest BCUT2D eigenvalue weighted by Crippen LogP contribution is -2.47. The van der Waals surface area contributed by atoms with Crippen LogP contribution in [-0.2, 0) is 9.59 Å². The van der Waals surface area contributed by atoms with Crippen molar-refractivity contribution in [3.63, 3.8) is 0 Å². The molecule has 0 saturated heterocycles. The maximum Gasteiger partial charge on any atom is 0.274 e. The molecule has 1 rings (SSSR count). The number of hydrogen-bond donors (Lipinski definition) is 5. The summed E-state index contributed by atoms with van der Waals surface area (Å²) in [5.41, 5.74) is 11.1. The number of nitrogens with two attached hydrogens (primary N) is 2. The number of aromatic amines is 1. The molecule has 1 heterocycles. The number of amides is 3. The van der Waals surface area contributed by atoms with Crippen molar-refractivity contribution in [1.82, 2.24) is 15.6 Å². The Bertz CT molecular complexity index is 579. The van der Waals surface area contributed by atoms with Gasteiger partial charge in [0, 0.05) is 12.6 Å². The molecule has 0 fully saturated rings. The van der Waals surface area contributed by atoms with Crippen LogP contribution in [0, 0.1) is 5.92 Å². The zero-order chi connectivity index (χ0) is 17.4. The van der Waals surface area contributed by atoms with E-state index >= 15 is 0 Å². The second-order valence-corrected chi connectivity index (χ2v) is 5.25. The maximum absolute atomic E-state index is 11.7. The minimum absolute atomic E-state index is 0.0234. The van der Waals surface area contributed by atoms with Gasteiger partial charge >= 0.3 is 0 Å². The van der Waals surface area contributed by atoms with E-state index in [0.29, 0.717) is 5.69 Å². The first-order chi connectivity index (χ1) is 10.8. The second kappa shape index (κ2) is 8.57. The van der Waals surface area contributed by atoms with Gasteiger partial charge in [-0.25, -0.2) is 0 Å². The Morgan fingerprint density at radius 1 is 1.30 bits per heavy atom. The molecule has 1 aromatic heterocycles. The summed E-state index contributed by atoms with van der Waals surface area (Å²) in [5, 5.41) is 4.92. The molecule has 1 atom stereocenters. The van der Waals surface area contributed by atoms with E-state index in [1.807, 2.05) is 0 Å². The van der Waals surface area contributed by atoms with Crippen LogP contribution in [0.2, 0.25) is 0 Å². The standard InChI is InChI=1S/C14H22N6O3/c1-8(2)11(12(15)22)19-10(21)5-7-18-14(16)20-13(23)9-4-3-6-17-9/h3-4,6,8,11,17H,5,7H2,1-2H3,(H2,15,22)(H,19,21)(H3,16,18,20,23)/t11-/m0/s1. The van der Waals surface area contributed by atoms with E-state index in [2.05, 4.69) is 20.6 Å². The number of primary amides is 1. The number of carbonyl (C=O) groups excluding carboxylic acids is 3. The molecule has 9 heteroatoms. The molecule has 0 radical (unpaired) electrons. The van der Waals surface area contributed by atoms with E-state index in [4.69, 9.17) is 11.5 Å². The van der Waals surface area contributed by atoms with Crippen LogP contribution in [0.1, 0.15) is 30.8 Å². The van der Waals surface area contributed by atoms with Crippen LogP contribution < -0.4 is 22.1 Å². The maximum atomic E-state index is 11.7. The van der Waals surface area contributed by atoms with Gasteiger partial charge in [0.1, 0.15) is 11.7 Å². The fraction of sp³-hybridized carbons (Fsp3) is 0.429. The third-order valence-corrected chi connectivity index (χ3v) is 2.99. The average molecular weight is 322 g/mol. The van der Waals surface area contributed by atoms with Gasteiger partial charge in [-0.2, -0.15) is 0 Å². The lowest BCUT2D eigenvalue weighted by atomic mass is 10.0. The number of aliphatic imine (C=N–C) groups is 1. The van der Waals surface area contributed by atoms with Gasteiger partial charge in [-0.15, -0.1) is 0 Å². The molecule has 0 aromatic carbocycles. The summed E-state index contributed by atoms with van der Waals surface area (Å²) in [4.78, 5) is 41.2. The van der Waals surface area contributed by atoms with Gasteiger partial charge in [0.15, 0.2) is 5.96 Å². The van der Waals surface area contributed by atoms with Gasteiger partial charge < -0.3 is 21.8 Å². The van der Waals surface area contributed by atoms with Crippen LogP contribution in [0.4, 0.5) is 0 Å². The molecular formula is C14H22N6O3. The molecule has 0 bridgehead atoms. The Hall–Kier alpha value is -2.84. The van der Waals surface area contributed by atoms with Gasteiger partial charge in [0.2, 0.25) is 11.8 Å². The number of aromatic nitrogens is 1. The van der Waals surface area contributed by atoms with E-state index < -0.39 is 17.9 Å². The molecule has 126 valence electrons. The van der Waals surface area contributed by atoms with Crippen molar-refractivity contribution < 1.29 is 14.4 Å². The highest BCUT2D eigenvalue weighted by molar-refractivity contribution is 6.04. The number of nitrogens with zero attached hydrogens (tertiary/aromatic N) is 1. The fourth-order valence-electron chi connectivity index (χ4n) is 1.78. The Kier molecular flexibility index (Phi) is 6.78. The van der Waals surface area contributed by atoms with Crippen molar-refractivity contribution in [3.05, 3.63) is 24.0 Å². The van der Waals surface area contributed by atoms with Crippen LogP contribution >= 0.6 is 0 Å². The normalized spacial score (nSPS) is 12.7. The van der Waals surface area contributed by atoms with Gasteiger partial charge in [0.25, 0.3) is 5.91 Å². The number of rotatable bonds is 7. The highest BCUT2D eigenvalue weighted by Gasteiger charge is 2.21. The summed E-state index contributed by atoms with van der Waals surface area (Å²) < 4.78 is 0. The summed E-state index contributed by atoms with van der Waals surface area (Å²) >= 11 is 0. The highest BCUT2D eigenvalue weighted by Crippen LogP contribution is 2.01. The monoisotopic (exact) mass is 322 g/mol. The molecule has 3 amide bonds. The van der Waals surface area contributed by atoms with Crippen molar-refractivity contribution in [2.45, 2.75) is 26.3 Å². The smallest absolute Gasteiger partial charge is 0.274 e. The molecule has 0 unspecified atom stereocenters. The zero-order valence-corrected chi connectivity index (χ0v) is 13.1. The van der Waals surface area contributed by atoms with Crippen LogP contribution in [0.3, 0.4) is 0 Å². The van der Waals surface area contributed by atoms with Crippen molar-refractivity contribution in [1.29, 1.82) is 0 Å². The van der Waals surface area contributed by atoms with E-state index in [-0.39, 0.29) is 30.8 Å². The number of hydrogen-bond acceptors (Lipinski definition) is 4. The highest BCUT2D eigenvalue weighted by atomic mass is 16.2. The molecule has 0 aliphatic carbocycles. The SMILES string of the molecule is CC(C)[C@H](NC(=O)CCN=C(N)NC(=O)c1ccc[nH]1)C(N)=O.